The zero-order chi connectivity index (χ0) is 14.2. The number of rotatable bonds is 2. The van der Waals surface area contributed by atoms with Crippen LogP contribution >= 0.6 is 0 Å². The van der Waals surface area contributed by atoms with Crippen molar-refractivity contribution in [2.75, 3.05) is 19.6 Å². The molecule has 1 fully saturated rings. The third kappa shape index (κ3) is 2.23. The molecule has 20 heavy (non-hydrogen) atoms. The van der Waals surface area contributed by atoms with E-state index in [4.69, 9.17) is 0 Å². The average Bonchev–Trinajstić information content (AvgIpc) is 2.74. The zero-order valence-corrected chi connectivity index (χ0v) is 12.4. The van der Waals surface area contributed by atoms with Gasteiger partial charge in [0, 0.05) is 24.7 Å². The predicted molar refractivity (Wildman–Crippen MR) is 78.4 cm³/mol. The lowest BCUT2D eigenvalue weighted by atomic mass is 10.0. The van der Waals surface area contributed by atoms with Crippen LogP contribution < -0.4 is 5.32 Å². The Morgan fingerprint density at radius 3 is 2.90 bits per heavy atom. The first-order valence-corrected chi connectivity index (χ1v) is 8.49. The van der Waals surface area contributed by atoms with Gasteiger partial charge in [0.2, 0.25) is 0 Å². The van der Waals surface area contributed by atoms with Gasteiger partial charge in [0.25, 0.3) is 10.0 Å². The lowest BCUT2D eigenvalue weighted by molar-refractivity contribution is 0.266. The van der Waals surface area contributed by atoms with E-state index in [0.717, 1.165) is 38.0 Å². The van der Waals surface area contributed by atoms with E-state index in [-0.39, 0.29) is 0 Å². The zero-order valence-electron chi connectivity index (χ0n) is 11.5. The first-order chi connectivity index (χ1) is 9.63. The number of benzene rings is 1. The molecule has 0 amide bonds. The molecule has 1 aromatic carbocycles. The molecule has 1 aromatic rings. The van der Waals surface area contributed by atoms with Crippen LogP contribution in [0, 0.1) is 0 Å². The molecular formula is C14H19N3O2S. The topological polar surface area (TPSA) is 61.8 Å². The molecule has 3 rings (SSSR count). The highest BCUT2D eigenvalue weighted by Crippen LogP contribution is 2.28. The SMILES string of the molecule is CCN(C1=NS(=O)(=O)c2ccccc21)C1CCCNC1. The maximum atomic E-state index is 12.1. The lowest BCUT2D eigenvalue weighted by Crippen LogP contribution is -2.48. The highest BCUT2D eigenvalue weighted by atomic mass is 32.2. The van der Waals surface area contributed by atoms with Gasteiger partial charge in [-0.05, 0) is 38.4 Å². The number of nitrogens with one attached hydrogen (secondary N) is 1. The van der Waals surface area contributed by atoms with Crippen molar-refractivity contribution in [1.29, 1.82) is 0 Å². The predicted octanol–water partition coefficient (Wildman–Crippen LogP) is 1.21. The molecule has 5 nitrogen and oxygen atoms in total. The van der Waals surface area contributed by atoms with Crippen LogP contribution in [0.5, 0.6) is 0 Å². The molecule has 0 spiro atoms. The van der Waals surface area contributed by atoms with Crippen LogP contribution in [0.4, 0.5) is 0 Å². The number of likely N-dealkylation sites (N-methyl/N-ethyl adjacent to an activating group) is 1. The largest absolute Gasteiger partial charge is 0.351 e. The Bertz CT molecular complexity index is 634. The van der Waals surface area contributed by atoms with Gasteiger partial charge in [0.15, 0.2) is 5.84 Å². The van der Waals surface area contributed by atoms with E-state index in [1.165, 1.54) is 0 Å². The maximum Gasteiger partial charge on any atom is 0.285 e. The Morgan fingerprint density at radius 1 is 1.40 bits per heavy atom. The van der Waals surface area contributed by atoms with Crippen molar-refractivity contribution in [1.82, 2.24) is 10.2 Å². The molecule has 1 saturated heterocycles. The summed E-state index contributed by atoms with van der Waals surface area (Å²) in [6.45, 7) is 4.73. The number of hydrogen-bond donors (Lipinski definition) is 1. The highest BCUT2D eigenvalue weighted by molar-refractivity contribution is 7.90. The monoisotopic (exact) mass is 293 g/mol. The number of sulfonamides is 1. The highest BCUT2D eigenvalue weighted by Gasteiger charge is 2.33. The summed E-state index contributed by atoms with van der Waals surface area (Å²) in [5.41, 5.74) is 0.736. The Hall–Kier alpha value is -1.40. The maximum absolute atomic E-state index is 12.1. The summed E-state index contributed by atoms with van der Waals surface area (Å²) in [7, 11) is -3.52. The van der Waals surface area contributed by atoms with Crippen molar-refractivity contribution < 1.29 is 8.42 Å². The number of piperidine rings is 1. The summed E-state index contributed by atoms with van der Waals surface area (Å²) in [4.78, 5) is 2.45. The molecule has 1 atom stereocenters. The van der Waals surface area contributed by atoms with Crippen molar-refractivity contribution >= 4 is 15.9 Å². The summed E-state index contributed by atoms with van der Waals surface area (Å²) < 4.78 is 28.3. The minimum atomic E-state index is -3.52. The van der Waals surface area contributed by atoms with Crippen molar-refractivity contribution in [2.45, 2.75) is 30.7 Å². The van der Waals surface area contributed by atoms with E-state index in [1.807, 2.05) is 19.1 Å². The molecule has 2 aliphatic heterocycles. The van der Waals surface area contributed by atoms with Gasteiger partial charge in [-0.15, -0.1) is 4.40 Å². The van der Waals surface area contributed by atoms with Crippen LogP contribution in [0.3, 0.4) is 0 Å². The van der Waals surface area contributed by atoms with Crippen molar-refractivity contribution in [2.24, 2.45) is 4.40 Å². The molecule has 0 aliphatic carbocycles. The first kappa shape index (κ1) is 13.6. The summed E-state index contributed by atoms with van der Waals surface area (Å²) in [5.74, 6) is 0.608. The quantitative estimate of drug-likeness (QED) is 0.890. The second kappa shape index (κ2) is 5.18. The molecule has 1 unspecified atom stereocenters. The molecule has 0 radical (unpaired) electrons. The summed E-state index contributed by atoms with van der Waals surface area (Å²) in [6.07, 6.45) is 2.19. The van der Waals surface area contributed by atoms with Crippen LogP contribution in [0.15, 0.2) is 33.6 Å². The van der Waals surface area contributed by atoms with Crippen LogP contribution in [0.25, 0.3) is 0 Å². The van der Waals surface area contributed by atoms with Gasteiger partial charge in [-0.3, -0.25) is 0 Å². The summed E-state index contributed by atoms with van der Waals surface area (Å²) in [5, 5.41) is 3.37. The van der Waals surface area contributed by atoms with Gasteiger partial charge in [-0.1, -0.05) is 12.1 Å². The second-order valence-electron chi connectivity index (χ2n) is 5.17. The van der Waals surface area contributed by atoms with E-state index >= 15 is 0 Å². The third-order valence-electron chi connectivity index (χ3n) is 3.94. The number of fused-ring (bicyclic) bond motifs is 1. The van der Waals surface area contributed by atoms with Crippen LogP contribution in [-0.4, -0.2) is 44.8 Å². The van der Waals surface area contributed by atoms with Gasteiger partial charge in [-0.2, -0.15) is 8.42 Å². The normalized spacial score (nSPS) is 24.1. The molecule has 2 heterocycles. The number of hydrogen-bond acceptors (Lipinski definition) is 4. The van der Waals surface area contributed by atoms with E-state index in [1.54, 1.807) is 12.1 Å². The van der Waals surface area contributed by atoms with Crippen molar-refractivity contribution in [3.63, 3.8) is 0 Å². The van der Waals surface area contributed by atoms with E-state index in [0.29, 0.717) is 16.8 Å². The number of nitrogens with zero attached hydrogens (tertiary/aromatic N) is 2. The summed E-state index contributed by atoms with van der Waals surface area (Å²) >= 11 is 0. The fraction of sp³-hybridized carbons (Fsp3) is 0.500. The molecule has 1 N–H and O–H groups in total. The van der Waals surface area contributed by atoms with E-state index in [9.17, 15) is 8.42 Å². The Kier molecular flexibility index (Phi) is 3.52. The first-order valence-electron chi connectivity index (χ1n) is 7.05. The molecule has 2 aliphatic rings. The van der Waals surface area contributed by atoms with Gasteiger partial charge in [-0.25, -0.2) is 0 Å². The van der Waals surface area contributed by atoms with Gasteiger partial charge in [0.05, 0.1) is 0 Å². The minimum Gasteiger partial charge on any atom is -0.351 e. The molecule has 6 heteroatoms. The standard InChI is InChI=1S/C14H19N3O2S/c1-2-17(11-6-5-9-15-10-11)14-12-7-3-4-8-13(12)20(18,19)16-14/h3-4,7-8,11,15H,2,5-6,9-10H2,1H3. The third-order valence-corrected chi connectivity index (χ3v) is 5.26. The van der Waals surface area contributed by atoms with Crippen LogP contribution in [0.2, 0.25) is 0 Å². The Balaban J connectivity index is 2.00. The molecule has 108 valence electrons. The van der Waals surface area contributed by atoms with Crippen molar-refractivity contribution in [3.05, 3.63) is 29.8 Å². The van der Waals surface area contributed by atoms with E-state index in [2.05, 4.69) is 14.6 Å². The summed E-state index contributed by atoms with van der Waals surface area (Å²) in [6, 6.07) is 7.40. The van der Waals surface area contributed by atoms with Gasteiger partial charge in [0.1, 0.15) is 4.90 Å². The van der Waals surface area contributed by atoms with Gasteiger partial charge >= 0.3 is 0 Å². The molecule has 0 saturated carbocycles. The van der Waals surface area contributed by atoms with Crippen LogP contribution in [-0.2, 0) is 10.0 Å². The lowest BCUT2D eigenvalue weighted by Gasteiger charge is -2.35. The molecule has 0 aromatic heterocycles. The van der Waals surface area contributed by atoms with Crippen LogP contribution in [0.1, 0.15) is 25.3 Å². The smallest absolute Gasteiger partial charge is 0.285 e. The van der Waals surface area contributed by atoms with E-state index < -0.39 is 10.0 Å². The average molecular weight is 293 g/mol. The Labute approximate surface area is 119 Å². The van der Waals surface area contributed by atoms with Crippen molar-refractivity contribution in [3.8, 4) is 0 Å². The fourth-order valence-corrected chi connectivity index (χ4v) is 4.19. The van der Waals surface area contributed by atoms with Gasteiger partial charge < -0.3 is 10.2 Å². The molecule has 0 bridgehead atoms. The fourth-order valence-electron chi connectivity index (χ4n) is 2.98. The molecular weight excluding hydrogens is 274 g/mol. The second-order valence-corrected chi connectivity index (χ2v) is 6.74. The number of amidine groups is 1. The minimum absolute atomic E-state index is 0.314. The Morgan fingerprint density at radius 2 is 2.20 bits per heavy atom.